The fourth-order valence-corrected chi connectivity index (χ4v) is 3.92. The van der Waals surface area contributed by atoms with Crippen LogP contribution in [0.5, 0.6) is 0 Å². The molecule has 0 spiro atoms. The number of aliphatic hydroxyl groups is 2. The van der Waals surface area contributed by atoms with Crippen LogP contribution < -0.4 is 0 Å². The van der Waals surface area contributed by atoms with Crippen molar-refractivity contribution in [3.63, 3.8) is 0 Å². The molecule has 11 heavy (non-hydrogen) atoms. The van der Waals surface area contributed by atoms with Crippen LogP contribution in [0.1, 0.15) is 19.3 Å². The lowest BCUT2D eigenvalue weighted by Crippen LogP contribution is -2.38. The summed E-state index contributed by atoms with van der Waals surface area (Å²) in [5.41, 5.74) is -0.728. The summed E-state index contributed by atoms with van der Waals surface area (Å²) in [5, 5.41) is 19.6. The van der Waals surface area contributed by atoms with Crippen molar-refractivity contribution in [2.75, 3.05) is 12.4 Å². The number of thioether (sulfide) groups is 1. The van der Waals surface area contributed by atoms with Crippen molar-refractivity contribution in [2.24, 2.45) is 5.92 Å². The van der Waals surface area contributed by atoms with Gasteiger partial charge in [0.15, 0.2) is 0 Å². The first-order valence-corrected chi connectivity index (χ1v) is 5.26. The van der Waals surface area contributed by atoms with Gasteiger partial charge in [-0.25, -0.2) is 0 Å². The summed E-state index contributed by atoms with van der Waals surface area (Å²) in [7, 11) is 0. The van der Waals surface area contributed by atoms with Crippen molar-refractivity contribution < 1.29 is 10.2 Å². The van der Waals surface area contributed by atoms with Crippen LogP contribution >= 0.6 is 11.8 Å². The molecule has 2 N–H and O–H groups in total. The molecule has 64 valence electrons. The van der Waals surface area contributed by atoms with Gasteiger partial charge in [-0.3, -0.25) is 0 Å². The van der Waals surface area contributed by atoms with Crippen molar-refractivity contribution >= 4 is 11.8 Å². The van der Waals surface area contributed by atoms with E-state index in [2.05, 4.69) is 0 Å². The van der Waals surface area contributed by atoms with Crippen molar-refractivity contribution in [1.82, 2.24) is 0 Å². The van der Waals surface area contributed by atoms with Crippen LogP contribution in [-0.2, 0) is 0 Å². The molecule has 0 bridgehead atoms. The minimum absolute atomic E-state index is 0.0469. The quantitative estimate of drug-likeness (QED) is 0.612. The van der Waals surface area contributed by atoms with Gasteiger partial charge >= 0.3 is 0 Å². The van der Waals surface area contributed by atoms with Gasteiger partial charge in [-0.05, 0) is 25.0 Å². The number of fused-ring (bicyclic) bond motifs is 1. The minimum atomic E-state index is -0.728. The van der Waals surface area contributed by atoms with E-state index in [4.69, 9.17) is 5.11 Å². The Morgan fingerprint density at radius 1 is 1.45 bits per heavy atom. The average Bonchev–Trinajstić information content (AvgIpc) is 2.55. The largest absolute Gasteiger partial charge is 0.393 e. The molecular weight excluding hydrogens is 160 g/mol. The maximum Gasteiger partial charge on any atom is 0.0916 e. The Bertz CT molecular complexity index is 162. The topological polar surface area (TPSA) is 40.5 Å². The van der Waals surface area contributed by atoms with Crippen molar-refractivity contribution in [2.45, 2.75) is 30.1 Å². The van der Waals surface area contributed by atoms with Crippen molar-refractivity contribution in [1.29, 1.82) is 0 Å². The average molecular weight is 174 g/mol. The molecule has 3 atom stereocenters. The predicted octanol–water partition coefficient (Wildman–Crippen LogP) is 0.625. The molecule has 0 aromatic rings. The maximum absolute atomic E-state index is 9.91. The maximum atomic E-state index is 9.91. The molecule has 2 aliphatic rings. The van der Waals surface area contributed by atoms with Gasteiger partial charge in [-0.1, -0.05) is 0 Å². The molecule has 0 aromatic carbocycles. The third kappa shape index (κ3) is 1.10. The molecule has 1 heterocycles. The van der Waals surface area contributed by atoms with Crippen LogP contribution in [0.4, 0.5) is 0 Å². The number of hydrogen-bond donors (Lipinski definition) is 2. The van der Waals surface area contributed by atoms with E-state index in [1.165, 1.54) is 0 Å². The SMILES string of the molecule is OC[C@@]1(O)CCC2SCC[C@@H]21. The zero-order valence-corrected chi connectivity index (χ0v) is 7.31. The van der Waals surface area contributed by atoms with Gasteiger partial charge in [0.2, 0.25) is 0 Å². The van der Waals surface area contributed by atoms with Gasteiger partial charge in [0.25, 0.3) is 0 Å². The fraction of sp³-hybridized carbons (Fsp3) is 1.00. The van der Waals surface area contributed by atoms with E-state index < -0.39 is 5.60 Å². The predicted molar refractivity (Wildman–Crippen MR) is 45.6 cm³/mol. The van der Waals surface area contributed by atoms with Gasteiger partial charge in [-0.2, -0.15) is 11.8 Å². The highest BCUT2D eigenvalue weighted by Crippen LogP contribution is 2.48. The smallest absolute Gasteiger partial charge is 0.0916 e. The van der Waals surface area contributed by atoms with E-state index in [0.717, 1.165) is 25.0 Å². The van der Waals surface area contributed by atoms with Gasteiger partial charge in [0.1, 0.15) is 0 Å². The molecule has 1 aliphatic heterocycles. The molecule has 0 radical (unpaired) electrons. The second-order valence-electron chi connectivity index (χ2n) is 3.60. The third-order valence-corrected chi connectivity index (χ3v) is 4.50. The lowest BCUT2D eigenvalue weighted by atomic mass is 9.90. The van der Waals surface area contributed by atoms with E-state index >= 15 is 0 Å². The molecule has 0 amide bonds. The summed E-state index contributed by atoms with van der Waals surface area (Å²) in [6, 6.07) is 0. The first kappa shape index (κ1) is 7.90. The number of hydrogen-bond acceptors (Lipinski definition) is 3. The van der Waals surface area contributed by atoms with Crippen molar-refractivity contribution in [3.05, 3.63) is 0 Å². The summed E-state index contributed by atoms with van der Waals surface area (Å²) in [6.07, 6.45) is 2.98. The first-order valence-electron chi connectivity index (χ1n) is 4.21. The van der Waals surface area contributed by atoms with Crippen molar-refractivity contribution in [3.8, 4) is 0 Å². The summed E-state index contributed by atoms with van der Waals surface area (Å²) < 4.78 is 0. The van der Waals surface area contributed by atoms with Gasteiger partial charge in [0, 0.05) is 11.2 Å². The zero-order chi connectivity index (χ0) is 7.90. The summed E-state index contributed by atoms with van der Waals surface area (Å²) >= 11 is 1.96. The van der Waals surface area contributed by atoms with E-state index in [1.54, 1.807) is 0 Å². The second-order valence-corrected chi connectivity index (χ2v) is 4.95. The first-order chi connectivity index (χ1) is 5.26. The number of aliphatic hydroxyl groups excluding tert-OH is 1. The standard InChI is InChI=1S/C8H14O2S/c9-5-8(10)3-1-7-6(8)2-4-11-7/h6-7,9-10H,1-5H2/t6-,7?,8-/m0/s1. The Morgan fingerprint density at radius 3 is 3.00 bits per heavy atom. The van der Waals surface area contributed by atoms with Crippen LogP contribution in [0.3, 0.4) is 0 Å². The van der Waals surface area contributed by atoms with Crippen LogP contribution in [0.2, 0.25) is 0 Å². The molecule has 0 aromatic heterocycles. The Kier molecular flexibility index (Phi) is 1.90. The van der Waals surface area contributed by atoms with Crippen LogP contribution in [0.15, 0.2) is 0 Å². The highest BCUT2D eigenvalue weighted by Gasteiger charge is 2.49. The van der Waals surface area contributed by atoms with Gasteiger partial charge in [0.05, 0.1) is 12.2 Å². The monoisotopic (exact) mass is 174 g/mol. The summed E-state index contributed by atoms with van der Waals surface area (Å²) in [5.74, 6) is 1.54. The third-order valence-electron chi connectivity index (χ3n) is 3.04. The lowest BCUT2D eigenvalue weighted by molar-refractivity contribution is -0.0429. The zero-order valence-electron chi connectivity index (χ0n) is 6.49. The second kappa shape index (κ2) is 2.64. The van der Waals surface area contributed by atoms with Crippen LogP contribution in [0, 0.1) is 5.92 Å². The molecular formula is C8H14O2S. The highest BCUT2D eigenvalue weighted by atomic mass is 32.2. The molecule has 1 saturated heterocycles. The molecule has 2 fully saturated rings. The van der Waals surface area contributed by atoms with E-state index in [0.29, 0.717) is 11.2 Å². The Hall–Kier alpha value is 0.270. The molecule has 1 aliphatic carbocycles. The van der Waals surface area contributed by atoms with Crippen LogP contribution in [0.25, 0.3) is 0 Å². The van der Waals surface area contributed by atoms with E-state index in [1.807, 2.05) is 11.8 Å². The summed E-state index contributed by atoms with van der Waals surface area (Å²) in [4.78, 5) is 0. The molecule has 3 heteroatoms. The Labute approximate surface area is 71.0 Å². The van der Waals surface area contributed by atoms with Crippen LogP contribution in [-0.4, -0.2) is 33.4 Å². The van der Waals surface area contributed by atoms with Gasteiger partial charge < -0.3 is 10.2 Å². The normalized spacial score (nSPS) is 49.6. The van der Waals surface area contributed by atoms with E-state index in [9.17, 15) is 5.11 Å². The van der Waals surface area contributed by atoms with Gasteiger partial charge in [-0.15, -0.1) is 0 Å². The molecule has 2 nitrogen and oxygen atoms in total. The lowest BCUT2D eigenvalue weighted by Gasteiger charge is -2.26. The van der Waals surface area contributed by atoms with E-state index in [-0.39, 0.29) is 6.61 Å². The fourth-order valence-electron chi connectivity index (χ4n) is 2.32. The molecule has 2 rings (SSSR count). The Balaban J connectivity index is 2.14. The summed E-state index contributed by atoms with van der Waals surface area (Å²) in [6.45, 7) is -0.0469. The highest BCUT2D eigenvalue weighted by molar-refractivity contribution is 8.00. The molecule has 1 unspecified atom stereocenters. The minimum Gasteiger partial charge on any atom is -0.393 e. The molecule has 1 saturated carbocycles. The number of rotatable bonds is 1. The Morgan fingerprint density at radius 2 is 2.27 bits per heavy atom.